The highest BCUT2D eigenvalue weighted by Crippen LogP contribution is 2.33. The van der Waals surface area contributed by atoms with E-state index < -0.39 is 11.7 Å². The van der Waals surface area contributed by atoms with Gasteiger partial charge in [0.05, 0.1) is 18.0 Å². The largest absolute Gasteiger partial charge is 0.481 e. The maximum Gasteiger partial charge on any atom is 0.304 e. The van der Waals surface area contributed by atoms with E-state index in [1.165, 1.54) is 24.8 Å². The number of rotatable bonds is 6. The van der Waals surface area contributed by atoms with E-state index in [9.17, 15) is 13.6 Å². The smallest absolute Gasteiger partial charge is 0.304 e. The van der Waals surface area contributed by atoms with E-state index in [0.29, 0.717) is 28.6 Å². The molecule has 3 aromatic rings. The molecule has 1 aliphatic rings. The Labute approximate surface area is 189 Å². The predicted octanol–water partition coefficient (Wildman–Crippen LogP) is 2.43. The number of aromatic nitrogens is 5. The van der Waals surface area contributed by atoms with Gasteiger partial charge in [-0.2, -0.15) is 13.8 Å². The van der Waals surface area contributed by atoms with Crippen molar-refractivity contribution in [1.29, 1.82) is 0 Å². The van der Waals surface area contributed by atoms with Gasteiger partial charge < -0.3 is 19.9 Å². The number of methoxy groups -OCH3 is 1. The molecule has 0 aromatic carbocycles. The lowest BCUT2D eigenvalue weighted by Crippen LogP contribution is -2.31. The van der Waals surface area contributed by atoms with Crippen LogP contribution in [0.2, 0.25) is 0 Å². The van der Waals surface area contributed by atoms with Crippen LogP contribution in [0.15, 0.2) is 18.3 Å². The Hall–Kier alpha value is -3.41. The molecule has 1 saturated heterocycles. The maximum absolute atomic E-state index is 14.1. The number of amides is 1. The van der Waals surface area contributed by atoms with Crippen molar-refractivity contribution >= 4 is 28.4 Å². The van der Waals surface area contributed by atoms with Gasteiger partial charge >= 0.3 is 5.92 Å². The van der Waals surface area contributed by atoms with Gasteiger partial charge in [0.15, 0.2) is 11.6 Å². The molecule has 0 spiro atoms. The Kier molecular flexibility index (Phi) is 5.87. The number of pyridine rings is 1. The quantitative estimate of drug-likeness (QED) is 0.599. The van der Waals surface area contributed by atoms with E-state index in [0.717, 1.165) is 26.4 Å². The topological polar surface area (TPSA) is 101 Å². The van der Waals surface area contributed by atoms with Crippen molar-refractivity contribution in [3.05, 3.63) is 24.2 Å². The lowest BCUT2D eigenvalue weighted by molar-refractivity contribution is -0.114. The third-order valence-electron chi connectivity index (χ3n) is 5.55. The minimum Gasteiger partial charge on any atom is -0.481 e. The van der Waals surface area contributed by atoms with Gasteiger partial charge in [-0.05, 0) is 20.5 Å². The summed E-state index contributed by atoms with van der Waals surface area (Å²) in [4.78, 5) is 28.0. The Morgan fingerprint density at radius 3 is 2.67 bits per heavy atom. The molecule has 1 unspecified atom stereocenters. The molecule has 1 fully saturated rings. The molecule has 0 saturated carbocycles. The average molecular weight is 460 g/mol. The molecule has 12 heteroatoms. The van der Waals surface area contributed by atoms with Crippen molar-refractivity contribution < 1.29 is 18.3 Å². The maximum atomic E-state index is 14.1. The summed E-state index contributed by atoms with van der Waals surface area (Å²) in [6.45, 7) is 3.65. The number of carbonyl (C=O) groups is 1. The molecule has 1 N–H and O–H groups in total. The summed E-state index contributed by atoms with van der Waals surface area (Å²) in [6, 6.07) is 3.45. The van der Waals surface area contributed by atoms with Crippen molar-refractivity contribution in [2.45, 2.75) is 32.2 Å². The van der Waals surface area contributed by atoms with Crippen molar-refractivity contribution in [1.82, 2.24) is 29.6 Å². The summed E-state index contributed by atoms with van der Waals surface area (Å²) >= 11 is 0. The number of ether oxygens (including phenoxy) is 1. The molecule has 10 nitrogen and oxygen atoms in total. The van der Waals surface area contributed by atoms with Gasteiger partial charge in [-0.1, -0.05) is 0 Å². The van der Waals surface area contributed by atoms with Crippen LogP contribution in [-0.2, 0) is 10.7 Å². The van der Waals surface area contributed by atoms with Crippen LogP contribution in [0.25, 0.3) is 16.7 Å². The molecular formula is C21H26F2N8O2. The second kappa shape index (κ2) is 8.50. The third kappa shape index (κ3) is 4.56. The fraction of sp³-hybridized carbons (Fsp3) is 0.476. The number of hydrogen-bond acceptors (Lipinski definition) is 8. The fourth-order valence-electron chi connectivity index (χ4n) is 3.83. The van der Waals surface area contributed by atoms with Crippen molar-refractivity contribution in [2.75, 3.05) is 44.5 Å². The summed E-state index contributed by atoms with van der Waals surface area (Å²) in [5, 5.41) is 8.09. The molecule has 176 valence electrons. The predicted molar refractivity (Wildman–Crippen MR) is 119 cm³/mol. The van der Waals surface area contributed by atoms with E-state index >= 15 is 0 Å². The highest BCUT2D eigenvalue weighted by Gasteiger charge is 2.31. The van der Waals surface area contributed by atoms with Crippen LogP contribution < -0.4 is 15.0 Å². The van der Waals surface area contributed by atoms with Gasteiger partial charge in [0.25, 0.3) is 0 Å². The highest BCUT2D eigenvalue weighted by atomic mass is 19.3. The van der Waals surface area contributed by atoms with Crippen molar-refractivity contribution in [2.24, 2.45) is 0 Å². The van der Waals surface area contributed by atoms with Crippen LogP contribution in [0, 0.1) is 0 Å². The lowest BCUT2D eigenvalue weighted by atomic mass is 10.2. The summed E-state index contributed by atoms with van der Waals surface area (Å²) in [5.41, 5.74) is 0.558. The van der Waals surface area contributed by atoms with Crippen LogP contribution in [0.4, 0.5) is 20.4 Å². The third-order valence-corrected chi connectivity index (χ3v) is 5.55. The summed E-state index contributed by atoms with van der Waals surface area (Å²) in [7, 11) is 5.41. The highest BCUT2D eigenvalue weighted by molar-refractivity contribution is 5.95. The Bertz CT molecular complexity index is 1190. The van der Waals surface area contributed by atoms with Crippen LogP contribution in [0.3, 0.4) is 0 Å². The first-order valence-corrected chi connectivity index (χ1v) is 10.5. The number of alkyl halides is 2. The molecular weight excluding hydrogens is 434 g/mol. The first-order valence-electron chi connectivity index (χ1n) is 10.5. The number of hydrogen-bond donors (Lipinski definition) is 1. The minimum atomic E-state index is -3.27. The second-order valence-corrected chi connectivity index (χ2v) is 8.34. The van der Waals surface area contributed by atoms with Crippen molar-refractivity contribution in [3.8, 4) is 11.7 Å². The Balaban J connectivity index is 1.89. The first-order chi connectivity index (χ1) is 15.6. The van der Waals surface area contributed by atoms with Gasteiger partial charge in [-0.15, -0.1) is 5.10 Å². The molecule has 1 atom stereocenters. The van der Waals surface area contributed by atoms with Gasteiger partial charge in [-0.25, -0.2) is 14.6 Å². The zero-order chi connectivity index (χ0) is 23.9. The molecule has 1 amide bonds. The van der Waals surface area contributed by atoms with Crippen LogP contribution in [0.5, 0.6) is 5.88 Å². The SMILES string of the molecule is COc1cc(-n2nc(N3CCC(N(C)C)C3)c3cnc(NC(C)=O)cc32)nc(C(C)(F)F)n1. The number of nitrogens with one attached hydrogen (secondary N) is 1. The van der Waals surface area contributed by atoms with E-state index in [4.69, 9.17) is 9.84 Å². The number of halogens is 2. The zero-order valence-corrected chi connectivity index (χ0v) is 19.1. The van der Waals surface area contributed by atoms with Gasteiger partial charge in [0.2, 0.25) is 17.6 Å². The minimum absolute atomic E-state index is 0.00768. The molecule has 0 radical (unpaired) electrons. The molecule has 4 rings (SSSR count). The summed E-state index contributed by atoms with van der Waals surface area (Å²) in [6.07, 6.45) is 2.59. The number of carbonyl (C=O) groups excluding carboxylic acids is 1. The van der Waals surface area contributed by atoms with E-state index in [1.807, 2.05) is 14.1 Å². The number of fused-ring (bicyclic) bond motifs is 1. The zero-order valence-electron chi connectivity index (χ0n) is 19.1. The monoisotopic (exact) mass is 460 g/mol. The van der Waals surface area contributed by atoms with Gasteiger partial charge in [0.1, 0.15) is 5.82 Å². The number of nitrogens with zero attached hydrogens (tertiary/aromatic N) is 7. The molecule has 33 heavy (non-hydrogen) atoms. The fourth-order valence-corrected chi connectivity index (χ4v) is 3.83. The van der Waals surface area contributed by atoms with Gasteiger partial charge in [-0.3, -0.25) is 4.79 Å². The molecule has 3 aromatic heterocycles. The number of likely N-dealkylation sites (N-methyl/N-ethyl adjacent to an activating group) is 1. The number of anilines is 2. The van der Waals surface area contributed by atoms with E-state index in [-0.39, 0.29) is 17.6 Å². The average Bonchev–Trinajstić information content (AvgIpc) is 3.37. The van der Waals surface area contributed by atoms with Gasteiger partial charge in [0, 0.05) is 51.3 Å². The second-order valence-electron chi connectivity index (χ2n) is 8.34. The van der Waals surface area contributed by atoms with Crippen LogP contribution in [-0.4, -0.2) is 75.9 Å². The first kappa shape index (κ1) is 22.8. The molecule has 4 heterocycles. The summed E-state index contributed by atoms with van der Waals surface area (Å²) < 4.78 is 34.7. The van der Waals surface area contributed by atoms with Crippen molar-refractivity contribution in [3.63, 3.8) is 0 Å². The lowest BCUT2D eigenvalue weighted by Gasteiger charge is -2.20. The Morgan fingerprint density at radius 1 is 1.30 bits per heavy atom. The molecule has 0 aliphatic carbocycles. The normalized spacial score (nSPS) is 16.6. The van der Waals surface area contributed by atoms with Crippen LogP contribution >= 0.6 is 0 Å². The Morgan fingerprint density at radius 2 is 2.06 bits per heavy atom. The van der Waals surface area contributed by atoms with Crippen LogP contribution in [0.1, 0.15) is 26.1 Å². The van der Waals surface area contributed by atoms with E-state index in [2.05, 4.69) is 30.1 Å². The standard InChI is InChI=1S/C21H26F2N8O2/c1-12(32)25-16-8-15-14(10-24-16)19(30-7-6-13(11-30)29(3)4)28-31(15)17-9-18(33-5)27-20(26-17)21(2,22)23/h8-10,13H,6-7,11H2,1-5H3,(H,24,25,32). The molecule has 0 bridgehead atoms. The summed E-state index contributed by atoms with van der Waals surface area (Å²) in [5.74, 6) is -3.13. The molecule has 1 aliphatic heterocycles. The van der Waals surface area contributed by atoms with E-state index in [1.54, 1.807) is 12.3 Å².